The van der Waals surface area contributed by atoms with Crippen LogP contribution in [0.1, 0.15) is 45.1 Å². The third-order valence-electron chi connectivity index (χ3n) is 4.88. The number of benzene rings is 2. The Hall–Kier alpha value is -3.49. The molecule has 0 amide bonds. The smallest absolute Gasteiger partial charge is 0.421 e. The summed E-state index contributed by atoms with van der Waals surface area (Å²) in [5.41, 5.74) is 0.0885. The molecule has 182 valence electrons. The Bertz CT molecular complexity index is 1040. The van der Waals surface area contributed by atoms with E-state index in [1.165, 1.54) is 0 Å². The Kier molecular flexibility index (Phi) is 8.95. The molecular formula is C25H29F3N4O2. The van der Waals surface area contributed by atoms with Crippen LogP contribution in [0.2, 0.25) is 0 Å². The summed E-state index contributed by atoms with van der Waals surface area (Å²) in [5.74, 6) is 0.951. The predicted molar refractivity (Wildman–Crippen MR) is 127 cm³/mol. The molecule has 34 heavy (non-hydrogen) atoms. The number of hydrogen-bond acceptors (Lipinski definition) is 6. The number of alkyl halides is 3. The molecule has 3 aromatic rings. The summed E-state index contributed by atoms with van der Waals surface area (Å²) in [7, 11) is 0. The topological polar surface area (TPSA) is 68.3 Å². The zero-order valence-electron chi connectivity index (χ0n) is 19.3. The lowest BCUT2D eigenvalue weighted by Gasteiger charge is -2.15. The highest BCUT2D eigenvalue weighted by molar-refractivity contribution is 5.64. The fraction of sp³-hybridized carbons (Fsp3) is 0.360. The maximum atomic E-state index is 13.6. The zero-order valence-corrected chi connectivity index (χ0v) is 19.3. The van der Waals surface area contributed by atoms with E-state index in [4.69, 9.17) is 9.47 Å². The number of aromatic nitrogens is 2. The monoisotopic (exact) mass is 474 g/mol. The van der Waals surface area contributed by atoms with Crippen molar-refractivity contribution < 1.29 is 22.6 Å². The van der Waals surface area contributed by atoms with E-state index in [9.17, 15) is 13.2 Å². The quantitative estimate of drug-likeness (QED) is 0.268. The van der Waals surface area contributed by atoms with Gasteiger partial charge < -0.3 is 20.1 Å². The number of anilines is 4. The number of nitrogens with one attached hydrogen (secondary N) is 2. The molecule has 1 heterocycles. The molecule has 0 atom stereocenters. The molecule has 0 bridgehead atoms. The van der Waals surface area contributed by atoms with Crippen LogP contribution in [0.25, 0.3) is 0 Å². The van der Waals surface area contributed by atoms with Crippen LogP contribution >= 0.6 is 0 Å². The van der Waals surface area contributed by atoms with Gasteiger partial charge in [-0.3, -0.25) is 0 Å². The highest BCUT2D eigenvalue weighted by atomic mass is 19.4. The van der Waals surface area contributed by atoms with Gasteiger partial charge in [0.2, 0.25) is 5.95 Å². The van der Waals surface area contributed by atoms with Gasteiger partial charge in [-0.05, 0) is 49.7 Å². The van der Waals surface area contributed by atoms with E-state index in [0.717, 1.165) is 31.9 Å². The van der Waals surface area contributed by atoms with Gasteiger partial charge in [-0.1, -0.05) is 32.3 Å². The van der Waals surface area contributed by atoms with Gasteiger partial charge in [0.1, 0.15) is 22.9 Å². The summed E-state index contributed by atoms with van der Waals surface area (Å²) >= 11 is 0. The Morgan fingerprint density at radius 3 is 2.35 bits per heavy atom. The summed E-state index contributed by atoms with van der Waals surface area (Å²) in [5, 5.41) is 5.70. The first kappa shape index (κ1) is 25.1. The lowest BCUT2D eigenvalue weighted by Crippen LogP contribution is -2.12. The molecule has 1 aromatic heterocycles. The predicted octanol–water partition coefficient (Wildman–Crippen LogP) is 7.34. The van der Waals surface area contributed by atoms with E-state index in [0.29, 0.717) is 36.1 Å². The zero-order chi connectivity index (χ0) is 24.4. The maximum Gasteiger partial charge on any atom is 0.421 e. The largest absolute Gasteiger partial charge is 0.494 e. The van der Waals surface area contributed by atoms with Crippen LogP contribution in [-0.2, 0) is 6.18 Å². The standard InChI is InChI=1S/C25H29F3N4O2/c1-3-5-6-7-15-34-21-10-8-9-19(16-21)30-23-22(25(26,27)28)17-29-24(32-23)31-18-11-13-20(14-12-18)33-4-2/h8-14,16-17H,3-7,15H2,1-2H3,(H2,29,30,31,32). The molecule has 6 nitrogen and oxygen atoms in total. The van der Waals surface area contributed by atoms with Gasteiger partial charge in [0, 0.05) is 23.6 Å². The lowest BCUT2D eigenvalue weighted by atomic mass is 10.2. The van der Waals surface area contributed by atoms with Gasteiger partial charge in [-0.2, -0.15) is 18.2 Å². The number of nitrogens with zero attached hydrogens (tertiary/aromatic N) is 2. The third-order valence-corrected chi connectivity index (χ3v) is 4.88. The summed E-state index contributed by atoms with van der Waals surface area (Å²) in [6, 6.07) is 13.8. The number of halogens is 3. The molecule has 0 aliphatic rings. The molecule has 3 rings (SSSR count). The van der Waals surface area contributed by atoms with Gasteiger partial charge in [-0.25, -0.2) is 4.98 Å². The first-order chi connectivity index (χ1) is 16.4. The van der Waals surface area contributed by atoms with Crippen LogP contribution in [0.3, 0.4) is 0 Å². The Labute approximate surface area is 197 Å². The van der Waals surface area contributed by atoms with E-state index in [1.807, 2.05) is 6.92 Å². The molecule has 0 saturated heterocycles. The number of hydrogen-bond donors (Lipinski definition) is 2. The fourth-order valence-electron chi connectivity index (χ4n) is 3.19. The first-order valence-electron chi connectivity index (χ1n) is 11.3. The van der Waals surface area contributed by atoms with Crippen LogP contribution in [0, 0.1) is 0 Å². The molecule has 9 heteroatoms. The highest BCUT2D eigenvalue weighted by Crippen LogP contribution is 2.35. The normalized spacial score (nSPS) is 11.2. The van der Waals surface area contributed by atoms with Crippen molar-refractivity contribution in [2.75, 3.05) is 23.8 Å². The van der Waals surface area contributed by atoms with E-state index < -0.39 is 11.7 Å². The molecular weight excluding hydrogens is 445 g/mol. The van der Waals surface area contributed by atoms with Gasteiger partial charge in [0.15, 0.2) is 0 Å². The van der Waals surface area contributed by atoms with Crippen molar-refractivity contribution in [1.82, 2.24) is 9.97 Å². The van der Waals surface area contributed by atoms with Crippen LogP contribution in [0.4, 0.5) is 36.3 Å². The Balaban J connectivity index is 1.76. The minimum atomic E-state index is -4.62. The molecule has 0 radical (unpaired) electrons. The average molecular weight is 475 g/mol. The van der Waals surface area contributed by atoms with Crippen LogP contribution in [0.15, 0.2) is 54.7 Å². The second-order valence-electron chi connectivity index (χ2n) is 7.60. The van der Waals surface area contributed by atoms with Crippen molar-refractivity contribution in [3.63, 3.8) is 0 Å². The second kappa shape index (κ2) is 12.1. The van der Waals surface area contributed by atoms with Crippen LogP contribution in [0.5, 0.6) is 11.5 Å². The van der Waals surface area contributed by atoms with E-state index >= 15 is 0 Å². The summed E-state index contributed by atoms with van der Waals surface area (Å²) in [6.07, 6.45) is 0.430. The minimum Gasteiger partial charge on any atom is -0.494 e. The van der Waals surface area contributed by atoms with Gasteiger partial charge >= 0.3 is 6.18 Å². The van der Waals surface area contributed by atoms with Gasteiger partial charge in [-0.15, -0.1) is 0 Å². The van der Waals surface area contributed by atoms with E-state index in [2.05, 4.69) is 27.5 Å². The number of rotatable bonds is 12. The van der Waals surface area contributed by atoms with E-state index in [1.54, 1.807) is 48.5 Å². The van der Waals surface area contributed by atoms with Crippen molar-refractivity contribution >= 4 is 23.1 Å². The van der Waals surface area contributed by atoms with Crippen molar-refractivity contribution in [2.24, 2.45) is 0 Å². The molecule has 0 aliphatic heterocycles. The maximum absolute atomic E-state index is 13.6. The number of unbranched alkanes of at least 4 members (excludes halogenated alkanes) is 3. The molecule has 0 unspecified atom stereocenters. The number of ether oxygens (including phenoxy) is 2. The third kappa shape index (κ3) is 7.54. The molecule has 0 spiro atoms. The van der Waals surface area contributed by atoms with E-state index in [-0.39, 0.29) is 11.8 Å². The molecule has 0 fully saturated rings. The first-order valence-corrected chi connectivity index (χ1v) is 11.3. The molecule has 0 aliphatic carbocycles. The fourth-order valence-corrected chi connectivity index (χ4v) is 3.19. The van der Waals surface area contributed by atoms with Crippen molar-refractivity contribution in [2.45, 2.75) is 45.7 Å². The average Bonchev–Trinajstić information content (AvgIpc) is 2.80. The minimum absolute atomic E-state index is 0.0305. The van der Waals surface area contributed by atoms with Crippen molar-refractivity contribution in [3.8, 4) is 11.5 Å². The Morgan fingerprint density at radius 1 is 0.853 bits per heavy atom. The SMILES string of the molecule is CCCCCCOc1cccc(Nc2nc(Nc3ccc(OCC)cc3)ncc2C(F)(F)F)c1. The summed E-state index contributed by atoms with van der Waals surface area (Å²) in [6.45, 7) is 5.11. The van der Waals surface area contributed by atoms with Gasteiger partial charge in [0.05, 0.1) is 13.2 Å². The summed E-state index contributed by atoms with van der Waals surface area (Å²) < 4.78 is 51.9. The summed E-state index contributed by atoms with van der Waals surface area (Å²) in [4.78, 5) is 7.93. The Morgan fingerprint density at radius 2 is 1.65 bits per heavy atom. The second-order valence-corrected chi connectivity index (χ2v) is 7.60. The van der Waals surface area contributed by atoms with Crippen molar-refractivity contribution in [3.05, 3.63) is 60.3 Å². The van der Waals surface area contributed by atoms with Crippen molar-refractivity contribution in [1.29, 1.82) is 0 Å². The highest BCUT2D eigenvalue weighted by Gasteiger charge is 2.35. The molecule has 0 saturated carbocycles. The van der Waals surface area contributed by atoms with Crippen LogP contribution in [-0.4, -0.2) is 23.2 Å². The molecule has 2 N–H and O–H groups in total. The van der Waals surface area contributed by atoms with Gasteiger partial charge in [0.25, 0.3) is 0 Å². The molecule has 2 aromatic carbocycles. The lowest BCUT2D eigenvalue weighted by molar-refractivity contribution is -0.137. The van der Waals surface area contributed by atoms with Crippen LogP contribution < -0.4 is 20.1 Å².